The molecule has 5 heterocycles. The van der Waals surface area contributed by atoms with Crippen LogP contribution in [-0.2, 0) is 16.1 Å². The van der Waals surface area contributed by atoms with Crippen LogP contribution in [0.2, 0.25) is 0 Å². The predicted molar refractivity (Wildman–Crippen MR) is 119 cm³/mol. The molecule has 0 radical (unpaired) electrons. The summed E-state index contributed by atoms with van der Waals surface area (Å²) in [5.41, 5.74) is 1.99. The lowest BCUT2D eigenvalue weighted by Gasteiger charge is -2.52. The smallest absolute Gasteiger partial charge is 0.262 e. The second-order valence-electron chi connectivity index (χ2n) is 10.5. The van der Waals surface area contributed by atoms with Gasteiger partial charge < -0.3 is 5.32 Å². The standard InChI is InChI=1S/C25H30N4O4/c30-21-8-7-20(22(31)27-21)29-23(32)18-6-3-15(11-19(18)24(29)33)14-28-10-2-1-9-25(28)12-16-4-5-17(13-25)26-16/h3,6,11,16-17,20,26H,1-2,4-5,7-10,12-14H2,(H,27,30,31). The van der Waals surface area contributed by atoms with Gasteiger partial charge in [0.05, 0.1) is 11.1 Å². The highest BCUT2D eigenvalue weighted by atomic mass is 16.2. The number of carbonyl (C=O) groups is 4. The molecule has 4 saturated heterocycles. The lowest BCUT2D eigenvalue weighted by atomic mass is 9.76. The molecule has 1 spiro atoms. The van der Waals surface area contributed by atoms with E-state index in [1.54, 1.807) is 6.07 Å². The summed E-state index contributed by atoms with van der Waals surface area (Å²) in [6.45, 7) is 1.83. The summed E-state index contributed by atoms with van der Waals surface area (Å²) in [7, 11) is 0. The first-order valence-electron chi connectivity index (χ1n) is 12.3. The minimum atomic E-state index is -0.922. The minimum absolute atomic E-state index is 0.128. The van der Waals surface area contributed by atoms with Gasteiger partial charge in [-0.05, 0) is 69.2 Å². The summed E-state index contributed by atoms with van der Waals surface area (Å²) in [6.07, 6.45) is 8.91. The highest BCUT2D eigenvalue weighted by molar-refractivity contribution is 6.23. The molecule has 0 aliphatic carbocycles. The van der Waals surface area contributed by atoms with E-state index in [0.29, 0.717) is 23.2 Å². The van der Waals surface area contributed by atoms with Gasteiger partial charge in [-0.15, -0.1) is 0 Å². The van der Waals surface area contributed by atoms with Gasteiger partial charge in [-0.3, -0.25) is 34.3 Å². The van der Waals surface area contributed by atoms with E-state index in [1.165, 1.54) is 44.9 Å². The first kappa shape index (κ1) is 21.0. The Morgan fingerprint density at radius 1 is 0.939 bits per heavy atom. The van der Waals surface area contributed by atoms with Crippen molar-refractivity contribution in [3.05, 3.63) is 34.9 Å². The van der Waals surface area contributed by atoms with Crippen LogP contribution in [0.4, 0.5) is 0 Å². The predicted octanol–water partition coefficient (Wildman–Crippen LogP) is 1.73. The van der Waals surface area contributed by atoms with Crippen LogP contribution in [-0.4, -0.2) is 63.6 Å². The van der Waals surface area contributed by atoms with Gasteiger partial charge in [-0.2, -0.15) is 0 Å². The van der Waals surface area contributed by atoms with E-state index < -0.39 is 23.8 Å². The minimum Gasteiger partial charge on any atom is -0.311 e. The average Bonchev–Trinajstić information content (AvgIpc) is 3.26. The lowest BCUT2D eigenvalue weighted by Crippen LogP contribution is -2.59. The molecule has 3 unspecified atom stereocenters. The number of fused-ring (bicyclic) bond motifs is 3. The molecular weight excluding hydrogens is 420 g/mol. The molecule has 2 N–H and O–H groups in total. The second kappa shape index (κ2) is 7.74. The van der Waals surface area contributed by atoms with Crippen molar-refractivity contribution in [2.75, 3.05) is 6.54 Å². The van der Waals surface area contributed by atoms with E-state index >= 15 is 0 Å². The Kier molecular flexibility index (Phi) is 4.92. The first-order valence-corrected chi connectivity index (χ1v) is 12.3. The molecule has 1 aromatic carbocycles. The van der Waals surface area contributed by atoms with Crippen molar-refractivity contribution in [3.8, 4) is 0 Å². The van der Waals surface area contributed by atoms with E-state index in [-0.39, 0.29) is 24.3 Å². The molecule has 5 aliphatic heterocycles. The zero-order valence-electron chi connectivity index (χ0n) is 18.8. The van der Waals surface area contributed by atoms with Crippen molar-refractivity contribution >= 4 is 23.6 Å². The molecule has 2 bridgehead atoms. The van der Waals surface area contributed by atoms with Gasteiger partial charge in [-0.25, -0.2) is 0 Å². The molecule has 3 atom stereocenters. The quantitative estimate of drug-likeness (QED) is 0.681. The zero-order valence-corrected chi connectivity index (χ0v) is 18.8. The Bertz CT molecular complexity index is 1040. The van der Waals surface area contributed by atoms with Crippen molar-refractivity contribution in [1.82, 2.24) is 20.4 Å². The SMILES string of the molecule is O=C1CCC(N2C(=O)c3ccc(CN4CCCCC45CC4CCC(C5)N4)cc3C2=O)C(=O)N1. The van der Waals surface area contributed by atoms with Crippen LogP contribution >= 0.6 is 0 Å². The summed E-state index contributed by atoms with van der Waals surface area (Å²) < 4.78 is 0. The summed E-state index contributed by atoms with van der Waals surface area (Å²) in [6, 6.07) is 5.85. The molecule has 5 aliphatic rings. The van der Waals surface area contributed by atoms with Crippen LogP contribution in [0.3, 0.4) is 0 Å². The van der Waals surface area contributed by atoms with Crippen molar-refractivity contribution < 1.29 is 19.2 Å². The number of likely N-dealkylation sites (tertiary alicyclic amines) is 1. The third-order valence-corrected chi connectivity index (χ3v) is 8.46. The Balaban J connectivity index is 1.24. The molecule has 4 fully saturated rings. The largest absolute Gasteiger partial charge is 0.311 e. The van der Waals surface area contributed by atoms with Crippen LogP contribution in [0.25, 0.3) is 0 Å². The number of piperidine rings is 3. The molecule has 8 heteroatoms. The van der Waals surface area contributed by atoms with Crippen LogP contribution in [0.5, 0.6) is 0 Å². The first-order chi connectivity index (χ1) is 15.9. The number of nitrogens with one attached hydrogen (secondary N) is 2. The van der Waals surface area contributed by atoms with Gasteiger partial charge in [0.1, 0.15) is 6.04 Å². The Morgan fingerprint density at radius 2 is 1.70 bits per heavy atom. The maximum absolute atomic E-state index is 13.2. The molecule has 0 aromatic heterocycles. The van der Waals surface area contributed by atoms with Gasteiger partial charge in [-0.1, -0.05) is 12.5 Å². The van der Waals surface area contributed by atoms with Crippen LogP contribution in [0.15, 0.2) is 18.2 Å². The van der Waals surface area contributed by atoms with E-state index in [1.807, 2.05) is 12.1 Å². The van der Waals surface area contributed by atoms with Gasteiger partial charge >= 0.3 is 0 Å². The van der Waals surface area contributed by atoms with E-state index in [2.05, 4.69) is 15.5 Å². The molecule has 4 amide bonds. The van der Waals surface area contributed by atoms with Gasteiger partial charge in [0.2, 0.25) is 11.8 Å². The topological polar surface area (TPSA) is 98.8 Å². The van der Waals surface area contributed by atoms with Gasteiger partial charge in [0, 0.05) is 30.6 Å². The average molecular weight is 451 g/mol. The third-order valence-electron chi connectivity index (χ3n) is 8.46. The van der Waals surface area contributed by atoms with Crippen LogP contribution < -0.4 is 10.6 Å². The fourth-order valence-electron chi connectivity index (χ4n) is 6.92. The number of imide groups is 2. The Labute approximate surface area is 193 Å². The number of hydrogen-bond acceptors (Lipinski definition) is 6. The highest BCUT2D eigenvalue weighted by Crippen LogP contribution is 2.44. The highest BCUT2D eigenvalue weighted by Gasteiger charge is 2.48. The molecule has 6 rings (SSSR count). The Morgan fingerprint density at radius 3 is 2.45 bits per heavy atom. The summed E-state index contributed by atoms with van der Waals surface area (Å²) in [5.74, 6) is -1.81. The fourth-order valence-corrected chi connectivity index (χ4v) is 6.92. The van der Waals surface area contributed by atoms with Gasteiger partial charge in [0.25, 0.3) is 11.8 Å². The molecule has 0 saturated carbocycles. The number of nitrogens with zero attached hydrogens (tertiary/aromatic N) is 2. The molecular formula is C25H30N4O4. The second-order valence-corrected chi connectivity index (χ2v) is 10.5. The summed E-state index contributed by atoms with van der Waals surface area (Å²) >= 11 is 0. The maximum atomic E-state index is 13.2. The van der Waals surface area contributed by atoms with E-state index in [9.17, 15) is 19.2 Å². The molecule has 174 valence electrons. The van der Waals surface area contributed by atoms with Crippen molar-refractivity contribution in [2.24, 2.45) is 0 Å². The third kappa shape index (κ3) is 3.42. The lowest BCUT2D eigenvalue weighted by molar-refractivity contribution is -0.136. The van der Waals surface area contributed by atoms with Gasteiger partial charge in [0.15, 0.2) is 0 Å². The normalized spacial score (nSPS) is 34.2. The Hall–Kier alpha value is -2.58. The summed E-state index contributed by atoms with van der Waals surface area (Å²) in [4.78, 5) is 53.6. The van der Waals surface area contributed by atoms with Crippen LogP contribution in [0, 0.1) is 0 Å². The number of benzene rings is 1. The zero-order chi connectivity index (χ0) is 22.7. The molecule has 8 nitrogen and oxygen atoms in total. The van der Waals surface area contributed by atoms with Crippen molar-refractivity contribution in [1.29, 1.82) is 0 Å². The monoisotopic (exact) mass is 450 g/mol. The number of carbonyl (C=O) groups excluding carboxylic acids is 4. The fraction of sp³-hybridized carbons (Fsp3) is 0.600. The van der Waals surface area contributed by atoms with Crippen molar-refractivity contribution in [3.63, 3.8) is 0 Å². The summed E-state index contributed by atoms with van der Waals surface area (Å²) in [5, 5.41) is 6.01. The number of rotatable bonds is 3. The van der Waals surface area contributed by atoms with E-state index in [4.69, 9.17) is 0 Å². The van der Waals surface area contributed by atoms with Crippen molar-refractivity contribution in [2.45, 2.75) is 88.0 Å². The number of hydrogen-bond donors (Lipinski definition) is 2. The molecule has 1 aromatic rings. The van der Waals surface area contributed by atoms with Crippen LogP contribution in [0.1, 0.15) is 84.1 Å². The van der Waals surface area contributed by atoms with E-state index in [0.717, 1.165) is 23.6 Å². The number of amides is 4. The molecule has 33 heavy (non-hydrogen) atoms. The maximum Gasteiger partial charge on any atom is 0.262 e.